The highest BCUT2D eigenvalue weighted by Crippen LogP contribution is 2.36. The molecule has 0 saturated heterocycles. The van der Waals surface area contributed by atoms with Crippen molar-refractivity contribution in [2.45, 2.75) is 12.8 Å². The van der Waals surface area contributed by atoms with Crippen molar-refractivity contribution in [1.82, 2.24) is 0 Å². The van der Waals surface area contributed by atoms with Crippen LogP contribution in [0.15, 0.2) is 12.1 Å². The first kappa shape index (κ1) is 8.77. The van der Waals surface area contributed by atoms with Crippen LogP contribution in [0.2, 0.25) is 0 Å². The Labute approximate surface area is 89.1 Å². The van der Waals surface area contributed by atoms with Gasteiger partial charge in [-0.25, -0.2) is 0 Å². The van der Waals surface area contributed by atoms with Gasteiger partial charge in [0.15, 0.2) is 5.78 Å². The molecule has 0 bridgehead atoms. The second-order valence-electron chi connectivity index (χ2n) is 4.26. The summed E-state index contributed by atoms with van der Waals surface area (Å²) in [7, 11) is 2.08. The zero-order chi connectivity index (χ0) is 10.4. The molecule has 3 nitrogen and oxygen atoms in total. The van der Waals surface area contributed by atoms with Gasteiger partial charge in [-0.2, -0.15) is 0 Å². The molecule has 1 aromatic rings. The highest BCUT2D eigenvalue weighted by molar-refractivity contribution is 6.06. The second kappa shape index (κ2) is 2.99. The second-order valence-corrected chi connectivity index (χ2v) is 4.26. The van der Waals surface area contributed by atoms with E-state index in [4.69, 9.17) is 0 Å². The van der Waals surface area contributed by atoms with Crippen LogP contribution in [0, 0.1) is 0 Å². The highest BCUT2D eigenvalue weighted by atomic mass is 16.1. The molecule has 78 valence electrons. The van der Waals surface area contributed by atoms with Crippen molar-refractivity contribution < 1.29 is 4.79 Å². The van der Waals surface area contributed by atoms with Crippen LogP contribution in [0.3, 0.4) is 0 Å². The number of likely N-dealkylation sites (N-methyl/N-ethyl adjacent to an activating group) is 1. The number of carbonyl (C=O) groups is 1. The number of fused-ring (bicyclic) bond motifs is 3. The maximum atomic E-state index is 11.9. The zero-order valence-corrected chi connectivity index (χ0v) is 8.84. The van der Waals surface area contributed by atoms with E-state index in [0.717, 1.165) is 30.8 Å². The fraction of sp³-hybridized carbons (Fsp3) is 0.417. The van der Waals surface area contributed by atoms with E-state index in [-0.39, 0.29) is 0 Å². The number of rotatable bonds is 0. The fourth-order valence-electron chi connectivity index (χ4n) is 2.55. The first-order valence-electron chi connectivity index (χ1n) is 5.41. The van der Waals surface area contributed by atoms with Gasteiger partial charge in [-0.05, 0) is 24.1 Å². The number of hydrogen-bond donors (Lipinski definition) is 1. The van der Waals surface area contributed by atoms with E-state index in [0.29, 0.717) is 12.2 Å². The standard InChI is InChI=1S/C12H14N2O/c1-14-7-5-8-10(14)3-2-9-12(8)11(15)4-6-13-9/h2-3,13H,4-7H2,1H3. The minimum Gasteiger partial charge on any atom is -0.384 e. The van der Waals surface area contributed by atoms with Gasteiger partial charge in [0.05, 0.1) is 0 Å². The Morgan fingerprint density at radius 2 is 2.20 bits per heavy atom. The van der Waals surface area contributed by atoms with Gasteiger partial charge in [-0.1, -0.05) is 0 Å². The third kappa shape index (κ3) is 1.16. The molecule has 3 heteroatoms. The number of ketones is 1. The van der Waals surface area contributed by atoms with Crippen molar-refractivity contribution in [3.63, 3.8) is 0 Å². The molecule has 0 aliphatic carbocycles. The van der Waals surface area contributed by atoms with Gasteiger partial charge in [0, 0.05) is 43.5 Å². The first-order valence-corrected chi connectivity index (χ1v) is 5.41. The number of anilines is 2. The van der Waals surface area contributed by atoms with Crippen LogP contribution in [0.4, 0.5) is 11.4 Å². The van der Waals surface area contributed by atoms with E-state index < -0.39 is 0 Å². The summed E-state index contributed by atoms with van der Waals surface area (Å²) in [5.74, 6) is 0.302. The summed E-state index contributed by atoms with van der Waals surface area (Å²) in [6, 6.07) is 4.15. The van der Waals surface area contributed by atoms with Gasteiger partial charge < -0.3 is 10.2 Å². The quantitative estimate of drug-likeness (QED) is 0.694. The molecule has 0 unspecified atom stereocenters. The zero-order valence-electron chi connectivity index (χ0n) is 8.84. The van der Waals surface area contributed by atoms with Crippen molar-refractivity contribution in [3.8, 4) is 0 Å². The molecule has 1 N–H and O–H groups in total. The molecule has 3 rings (SSSR count). The molecule has 0 saturated carbocycles. The average molecular weight is 202 g/mol. The van der Waals surface area contributed by atoms with Crippen molar-refractivity contribution >= 4 is 17.2 Å². The normalized spacial score (nSPS) is 18.5. The summed E-state index contributed by atoms with van der Waals surface area (Å²) in [6.07, 6.45) is 1.63. The van der Waals surface area contributed by atoms with E-state index in [1.807, 2.05) is 6.07 Å². The van der Waals surface area contributed by atoms with E-state index >= 15 is 0 Å². The maximum Gasteiger partial charge on any atom is 0.167 e. The summed E-state index contributed by atoms with van der Waals surface area (Å²) in [5, 5.41) is 3.30. The minimum absolute atomic E-state index is 0.302. The fourth-order valence-corrected chi connectivity index (χ4v) is 2.55. The number of carbonyl (C=O) groups excluding carboxylic acids is 1. The van der Waals surface area contributed by atoms with E-state index in [1.54, 1.807) is 0 Å². The first-order chi connectivity index (χ1) is 7.27. The van der Waals surface area contributed by atoms with Crippen LogP contribution in [0.5, 0.6) is 0 Å². The molecule has 15 heavy (non-hydrogen) atoms. The number of nitrogens with zero attached hydrogens (tertiary/aromatic N) is 1. The minimum atomic E-state index is 0.302. The number of nitrogens with one attached hydrogen (secondary N) is 1. The molecule has 0 radical (unpaired) electrons. The summed E-state index contributed by atoms with van der Waals surface area (Å²) < 4.78 is 0. The summed E-state index contributed by atoms with van der Waals surface area (Å²) >= 11 is 0. The van der Waals surface area contributed by atoms with E-state index in [2.05, 4.69) is 23.3 Å². The number of Topliss-reactive ketones (excluding diaryl/α,β-unsaturated/α-hetero) is 1. The maximum absolute atomic E-state index is 11.9. The smallest absolute Gasteiger partial charge is 0.167 e. The largest absolute Gasteiger partial charge is 0.384 e. The van der Waals surface area contributed by atoms with Gasteiger partial charge >= 0.3 is 0 Å². The SMILES string of the molecule is CN1CCc2c1ccc1c2C(=O)CCN1. The van der Waals surface area contributed by atoms with Crippen LogP contribution in [-0.4, -0.2) is 25.9 Å². The molecular formula is C12H14N2O. The lowest BCUT2D eigenvalue weighted by Gasteiger charge is -2.20. The Kier molecular flexibility index (Phi) is 1.75. The van der Waals surface area contributed by atoms with Crippen LogP contribution >= 0.6 is 0 Å². The Balaban J connectivity index is 2.22. The van der Waals surface area contributed by atoms with Crippen molar-refractivity contribution in [3.05, 3.63) is 23.3 Å². The molecule has 0 aromatic heterocycles. The molecule has 1 aromatic carbocycles. The molecule has 2 aliphatic rings. The molecular weight excluding hydrogens is 188 g/mol. The van der Waals surface area contributed by atoms with Crippen LogP contribution in [-0.2, 0) is 6.42 Å². The van der Waals surface area contributed by atoms with Gasteiger partial charge in [-0.15, -0.1) is 0 Å². The molecule has 2 aliphatic heterocycles. The van der Waals surface area contributed by atoms with Crippen molar-refractivity contribution in [2.75, 3.05) is 30.4 Å². The summed E-state index contributed by atoms with van der Waals surface area (Å²) in [6.45, 7) is 1.81. The Morgan fingerprint density at radius 3 is 3.07 bits per heavy atom. The monoisotopic (exact) mass is 202 g/mol. The summed E-state index contributed by atoms with van der Waals surface area (Å²) in [5.41, 5.74) is 4.45. The van der Waals surface area contributed by atoms with Crippen molar-refractivity contribution in [1.29, 1.82) is 0 Å². The van der Waals surface area contributed by atoms with E-state index in [9.17, 15) is 4.79 Å². The molecule has 0 spiro atoms. The van der Waals surface area contributed by atoms with Crippen LogP contribution < -0.4 is 10.2 Å². The highest BCUT2D eigenvalue weighted by Gasteiger charge is 2.26. The summed E-state index contributed by atoms with van der Waals surface area (Å²) in [4.78, 5) is 14.1. The van der Waals surface area contributed by atoms with Gasteiger partial charge in [0.25, 0.3) is 0 Å². The van der Waals surface area contributed by atoms with Crippen molar-refractivity contribution in [2.24, 2.45) is 0 Å². The molecule has 0 fully saturated rings. The average Bonchev–Trinajstić information content (AvgIpc) is 2.61. The lowest BCUT2D eigenvalue weighted by molar-refractivity contribution is 0.0983. The molecule has 0 amide bonds. The number of benzene rings is 1. The Morgan fingerprint density at radius 1 is 1.33 bits per heavy atom. The predicted octanol–water partition coefficient (Wildman–Crippen LogP) is 1.68. The van der Waals surface area contributed by atoms with Crippen LogP contribution in [0.25, 0.3) is 0 Å². The predicted molar refractivity (Wildman–Crippen MR) is 60.9 cm³/mol. The molecule has 2 heterocycles. The Bertz CT molecular complexity index is 439. The topological polar surface area (TPSA) is 32.3 Å². The molecule has 0 atom stereocenters. The van der Waals surface area contributed by atoms with Crippen LogP contribution in [0.1, 0.15) is 22.3 Å². The third-order valence-corrected chi connectivity index (χ3v) is 3.34. The lowest BCUT2D eigenvalue weighted by Crippen LogP contribution is -2.19. The third-order valence-electron chi connectivity index (χ3n) is 3.34. The van der Waals surface area contributed by atoms with Gasteiger partial charge in [0.1, 0.15) is 0 Å². The Hall–Kier alpha value is -1.51. The van der Waals surface area contributed by atoms with E-state index in [1.165, 1.54) is 11.3 Å². The van der Waals surface area contributed by atoms with Gasteiger partial charge in [-0.3, -0.25) is 4.79 Å². The number of hydrogen-bond acceptors (Lipinski definition) is 3. The lowest BCUT2D eigenvalue weighted by atomic mass is 9.95. The van der Waals surface area contributed by atoms with Gasteiger partial charge in [0.2, 0.25) is 0 Å².